The first-order valence-corrected chi connectivity index (χ1v) is 7.03. The molecule has 0 aliphatic rings. The van der Waals surface area contributed by atoms with Crippen molar-refractivity contribution < 1.29 is 9.18 Å². The van der Waals surface area contributed by atoms with Gasteiger partial charge in [-0.2, -0.15) is 0 Å². The van der Waals surface area contributed by atoms with E-state index < -0.39 is 5.82 Å². The van der Waals surface area contributed by atoms with E-state index >= 15 is 0 Å². The van der Waals surface area contributed by atoms with Crippen LogP contribution in [0.4, 0.5) is 15.8 Å². The summed E-state index contributed by atoms with van der Waals surface area (Å²) in [6, 6.07) is 10.8. The minimum Gasteiger partial charge on any atom is -0.399 e. The van der Waals surface area contributed by atoms with E-state index in [4.69, 9.17) is 17.3 Å². The summed E-state index contributed by atoms with van der Waals surface area (Å²) in [5.74, 6) is -0.724. The van der Waals surface area contributed by atoms with Gasteiger partial charge in [0.1, 0.15) is 5.82 Å². The number of anilines is 2. The molecule has 1 amide bonds. The molecule has 0 bridgehead atoms. The van der Waals surface area contributed by atoms with Gasteiger partial charge >= 0.3 is 0 Å². The second kappa shape index (κ2) is 6.59. The predicted molar refractivity (Wildman–Crippen MR) is 84.2 cm³/mol. The van der Waals surface area contributed by atoms with Gasteiger partial charge in [-0.3, -0.25) is 4.79 Å². The van der Waals surface area contributed by atoms with Crippen molar-refractivity contribution in [3.05, 3.63) is 58.9 Å². The summed E-state index contributed by atoms with van der Waals surface area (Å²) in [6.45, 7) is 2.51. The van der Waals surface area contributed by atoms with Crippen molar-refractivity contribution in [2.75, 3.05) is 17.2 Å². The highest BCUT2D eigenvalue weighted by atomic mass is 35.5. The van der Waals surface area contributed by atoms with Crippen molar-refractivity contribution in [1.82, 2.24) is 0 Å². The molecule has 0 unspecified atom stereocenters. The average Bonchev–Trinajstić information content (AvgIpc) is 2.45. The van der Waals surface area contributed by atoms with Gasteiger partial charge in [-0.1, -0.05) is 18.5 Å². The van der Waals surface area contributed by atoms with E-state index in [1.807, 2.05) is 6.92 Å². The average molecular weight is 307 g/mol. The maximum atomic E-state index is 13.1. The van der Waals surface area contributed by atoms with Crippen LogP contribution in [0.15, 0.2) is 42.5 Å². The third-order valence-corrected chi connectivity index (χ3v) is 3.37. The summed E-state index contributed by atoms with van der Waals surface area (Å²) in [4.78, 5) is 14.2. The summed E-state index contributed by atoms with van der Waals surface area (Å²) < 4.78 is 13.1. The first kappa shape index (κ1) is 15.3. The maximum Gasteiger partial charge on any atom is 0.259 e. The van der Waals surface area contributed by atoms with E-state index in [1.54, 1.807) is 29.2 Å². The highest BCUT2D eigenvalue weighted by molar-refractivity contribution is 6.34. The van der Waals surface area contributed by atoms with Crippen molar-refractivity contribution in [1.29, 1.82) is 0 Å². The van der Waals surface area contributed by atoms with Crippen molar-refractivity contribution in [3.8, 4) is 0 Å². The Hall–Kier alpha value is -2.07. The molecule has 0 saturated heterocycles. The molecule has 0 saturated carbocycles. The number of halogens is 2. The molecule has 2 rings (SSSR count). The normalized spacial score (nSPS) is 10.4. The number of benzene rings is 2. The van der Waals surface area contributed by atoms with Crippen LogP contribution in [0.2, 0.25) is 5.02 Å². The highest BCUT2D eigenvalue weighted by Gasteiger charge is 2.19. The summed E-state index contributed by atoms with van der Waals surface area (Å²) >= 11 is 5.97. The Balaban J connectivity index is 2.37. The Morgan fingerprint density at radius 2 is 1.90 bits per heavy atom. The van der Waals surface area contributed by atoms with Gasteiger partial charge in [0.15, 0.2) is 0 Å². The molecule has 0 fully saturated rings. The number of nitrogen functional groups attached to an aromatic ring is 1. The minimum atomic E-state index is -0.467. The predicted octanol–water partition coefficient (Wildman–Crippen LogP) is 4.12. The Kier molecular flexibility index (Phi) is 4.81. The lowest BCUT2D eigenvalue weighted by atomic mass is 10.1. The van der Waals surface area contributed by atoms with Crippen molar-refractivity contribution in [3.63, 3.8) is 0 Å². The molecule has 0 spiro atoms. The Morgan fingerprint density at radius 3 is 2.48 bits per heavy atom. The molecular formula is C16H16ClFN2O. The molecule has 0 atom stereocenters. The van der Waals surface area contributed by atoms with Gasteiger partial charge in [0.2, 0.25) is 0 Å². The molecule has 0 radical (unpaired) electrons. The lowest BCUT2D eigenvalue weighted by Crippen LogP contribution is -2.31. The van der Waals surface area contributed by atoms with E-state index in [9.17, 15) is 9.18 Å². The lowest BCUT2D eigenvalue weighted by Gasteiger charge is -2.23. The number of hydrogen-bond donors (Lipinski definition) is 1. The van der Waals surface area contributed by atoms with E-state index in [0.717, 1.165) is 18.2 Å². The lowest BCUT2D eigenvalue weighted by molar-refractivity contribution is 0.0987. The molecule has 3 nitrogen and oxygen atoms in total. The first-order valence-electron chi connectivity index (χ1n) is 6.65. The smallest absolute Gasteiger partial charge is 0.259 e. The Labute approximate surface area is 128 Å². The van der Waals surface area contributed by atoms with Gasteiger partial charge in [0.25, 0.3) is 5.91 Å². The number of hydrogen-bond acceptors (Lipinski definition) is 2. The van der Waals surface area contributed by atoms with E-state index in [2.05, 4.69) is 0 Å². The largest absolute Gasteiger partial charge is 0.399 e. The van der Waals surface area contributed by atoms with Crippen molar-refractivity contribution >= 4 is 28.9 Å². The Morgan fingerprint density at radius 1 is 1.24 bits per heavy atom. The van der Waals surface area contributed by atoms with Crippen LogP contribution in [-0.2, 0) is 0 Å². The van der Waals surface area contributed by atoms with Crippen LogP contribution in [0.3, 0.4) is 0 Å². The molecule has 21 heavy (non-hydrogen) atoms. The van der Waals surface area contributed by atoms with Crippen LogP contribution < -0.4 is 10.6 Å². The van der Waals surface area contributed by atoms with Crippen LogP contribution in [0.1, 0.15) is 23.7 Å². The van der Waals surface area contributed by atoms with Crippen molar-refractivity contribution in [2.24, 2.45) is 0 Å². The third kappa shape index (κ3) is 3.52. The zero-order valence-electron chi connectivity index (χ0n) is 11.6. The van der Waals surface area contributed by atoms with E-state index in [-0.39, 0.29) is 16.5 Å². The fraction of sp³-hybridized carbons (Fsp3) is 0.188. The monoisotopic (exact) mass is 306 g/mol. The number of carbonyl (C=O) groups is 1. The molecule has 2 N–H and O–H groups in total. The summed E-state index contributed by atoms with van der Waals surface area (Å²) in [7, 11) is 0. The van der Waals surface area contributed by atoms with E-state index in [0.29, 0.717) is 12.2 Å². The second-order valence-corrected chi connectivity index (χ2v) is 5.08. The van der Waals surface area contributed by atoms with E-state index in [1.165, 1.54) is 12.1 Å². The number of rotatable bonds is 4. The molecule has 0 aliphatic carbocycles. The molecular weight excluding hydrogens is 291 g/mol. The highest BCUT2D eigenvalue weighted by Crippen LogP contribution is 2.23. The fourth-order valence-corrected chi connectivity index (χ4v) is 2.28. The fourth-order valence-electron chi connectivity index (χ4n) is 2.03. The maximum absolute atomic E-state index is 13.1. The summed E-state index contributed by atoms with van der Waals surface area (Å²) in [5.41, 5.74) is 7.30. The molecule has 2 aromatic carbocycles. The Bertz CT molecular complexity index is 643. The van der Waals surface area contributed by atoms with Gasteiger partial charge in [-0.25, -0.2) is 4.39 Å². The topological polar surface area (TPSA) is 46.3 Å². The van der Waals surface area contributed by atoms with Crippen LogP contribution in [0, 0.1) is 5.82 Å². The summed E-state index contributed by atoms with van der Waals surface area (Å²) in [6.07, 6.45) is 0.787. The van der Waals surface area contributed by atoms with Crippen LogP contribution >= 0.6 is 11.6 Å². The number of amides is 1. The molecule has 0 aliphatic heterocycles. The second-order valence-electron chi connectivity index (χ2n) is 4.67. The minimum absolute atomic E-state index is 0.108. The van der Waals surface area contributed by atoms with Gasteiger partial charge in [0.05, 0.1) is 10.6 Å². The number of nitrogens with two attached hydrogens (primary N) is 1. The molecule has 0 aromatic heterocycles. The number of carbonyl (C=O) groups excluding carboxylic acids is 1. The molecule has 0 heterocycles. The van der Waals surface area contributed by atoms with Gasteiger partial charge in [-0.05, 0) is 48.9 Å². The zero-order valence-corrected chi connectivity index (χ0v) is 12.4. The zero-order chi connectivity index (χ0) is 15.4. The number of nitrogens with zero attached hydrogens (tertiary/aromatic N) is 1. The van der Waals surface area contributed by atoms with Crippen LogP contribution in [0.25, 0.3) is 0 Å². The standard InChI is InChI=1S/C16H16ClFN2O/c1-2-9-20(13-6-4-12(19)5-7-13)16(21)14-8-3-11(18)10-15(14)17/h3-8,10H,2,9,19H2,1H3. The molecule has 110 valence electrons. The van der Waals surface area contributed by atoms with Gasteiger partial charge in [0, 0.05) is 17.9 Å². The first-order chi connectivity index (χ1) is 10.0. The summed E-state index contributed by atoms with van der Waals surface area (Å²) in [5, 5.41) is 0.108. The third-order valence-electron chi connectivity index (χ3n) is 3.06. The van der Waals surface area contributed by atoms with Crippen molar-refractivity contribution in [2.45, 2.75) is 13.3 Å². The molecule has 2 aromatic rings. The van der Waals surface area contributed by atoms with Crippen LogP contribution in [0.5, 0.6) is 0 Å². The van der Waals surface area contributed by atoms with Gasteiger partial charge < -0.3 is 10.6 Å². The SMILES string of the molecule is CCCN(C(=O)c1ccc(F)cc1Cl)c1ccc(N)cc1. The quantitative estimate of drug-likeness (QED) is 0.864. The van der Waals surface area contributed by atoms with Gasteiger partial charge in [-0.15, -0.1) is 0 Å². The van der Waals surface area contributed by atoms with Crippen LogP contribution in [-0.4, -0.2) is 12.5 Å². The molecule has 5 heteroatoms.